The van der Waals surface area contributed by atoms with Crippen molar-refractivity contribution >= 4 is 44.2 Å². The van der Waals surface area contributed by atoms with Crippen LogP contribution in [-0.2, 0) is 0 Å². The molecule has 1 aliphatic rings. The van der Waals surface area contributed by atoms with Gasteiger partial charge in [0.15, 0.2) is 5.13 Å². The van der Waals surface area contributed by atoms with E-state index in [-0.39, 0.29) is 6.03 Å². The molecule has 0 unspecified atom stereocenters. The predicted molar refractivity (Wildman–Crippen MR) is 112 cm³/mol. The molecule has 27 heavy (non-hydrogen) atoms. The fourth-order valence-corrected chi connectivity index (χ4v) is 3.98. The molecular weight excluding hydrogens is 426 g/mol. The van der Waals surface area contributed by atoms with Crippen molar-refractivity contribution in [2.75, 3.05) is 36.4 Å². The molecule has 0 saturated carbocycles. The zero-order valence-corrected chi connectivity index (χ0v) is 16.9. The number of pyridine rings is 1. The highest BCUT2D eigenvalue weighted by Crippen LogP contribution is 2.28. The molecule has 2 amide bonds. The Kier molecular flexibility index (Phi) is 5.35. The molecule has 2 aromatic heterocycles. The van der Waals surface area contributed by atoms with Crippen LogP contribution in [-0.4, -0.2) is 47.1 Å². The van der Waals surface area contributed by atoms with Gasteiger partial charge < -0.3 is 9.80 Å². The largest absolute Gasteiger partial charge is 0.353 e. The molecule has 1 aliphatic heterocycles. The molecule has 0 spiro atoms. The van der Waals surface area contributed by atoms with E-state index in [4.69, 9.17) is 0 Å². The third-order valence-electron chi connectivity index (χ3n) is 4.38. The van der Waals surface area contributed by atoms with Crippen LogP contribution in [0.5, 0.6) is 0 Å². The molecule has 4 rings (SSSR count). The second kappa shape index (κ2) is 8.06. The second-order valence-corrected chi connectivity index (χ2v) is 8.08. The number of aromatic nitrogens is 2. The van der Waals surface area contributed by atoms with E-state index in [9.17, 15) is 4.79 Å². The van der Waals surface area contributed by atoms with Gasteiger partial charge in [0.05, 0.1) is 4.88 Å². The molecule has 0 aliphatic carbocycles. The quantitative estimate of drug-likeness (QED) is 0.654. The first kappa shape index (κ1) is 17.9. The summed E-state index contributed by atoms with van der Waals surface area (Å²) in [6.45, 7) is 2.82. The number of thiazole rings is 1. The topological polar surface area (TPSA) is 61.4 Å². The summed E-state index contributed by atoms with van der Waals surface area (Å²) in [7, 11) is 0. The number of halogens is 1. The second-order valence-electron chi connectivity index (χ2n) is 6.13. The standard InChI is InChI=1S/C19H18BrN5OS/c20-15-6-7-17(21-12-15)24-8-10-25(11-9-24)19(26)23-18-22-13-16(27-18)14-4-2-1-3-5-14/h1-7,12-13H,8-11H2,(H,22,23,26). The van der Waals surface area contributed by atoms with Gasteiger partial charge in [0.2, 0.25) is 0 Å². The maximum absolute atomic E-state index is 12.5. The average molecular weight is 444 g/mol. The van der Waals surface area contributed by atoms with Crippen molar-refractivity contribution in [1.82, 2.24) is 14.9 Å². The summed E-state index contributed by atoms with van der Waals surface area (Å²) in [6, 6.07) is 13.9. The first-order chi connectivity index (χ1) is 13.2. The van der Waals surface area contributed by atoms with Gasteiger partial charge in [0, 0.05) is 43.0 Å². The third kappa shape index (κ3) is 4.28. The van der Waals surface area contributed by atoms with E-state index in [1.807, 2.05) is 47.4 Å². The van der Waals surface area contributed by atoms with E-state index in [0.29, 0.717) is 18.2 Å². The zero-order valence-electron chi connectivity index (χ0n) is 14.5. The molecule has 3 aromatic rings. The molecular formula is C19H18BrN5OS. The first-order valence-corrected chi connectivity index (χ1v) is 10.2. The summed E-state index contributed by atoms with van der Waals surface area (Å²) < 4.78 is 0.961. The van der Waals surface area contributed by atoms with Gasteiger partial charge in [0.1, 0.15) is 5.82 Å². The summed E-state index contributed by atoms with van der Waals surface area (Å²) in [4.78, 5) is 26.3. The van der Waals surface area contributed by atoms with Crippen LogP contribution < -0.4 is 10.2 Å². The van der Waals surface area contributed by atoms with E-state index in [1.54, 1.807) is 12.4 Å². The average Bonchev–Trinajstić information content (AvgIpc) is 3.18. The number of piperazine rings is 1. The van der Waals surface area contributed by atoms with Crippen LogP contribution >= 0.6 is 27.3 Å². The summed E-state index contributed by atoms with van der Waals surface area (Å²) in [5.41, 5.74) is 1.10. The minimum absolute atomic E-state index is 0.104. The number of rotatable bonds is 3. The zero-order chi connectivity index (χ0) is 18.6. The smallest absolute Gasteiger partial charge is 0.323 e. The van der Waals surface area contributed by atoms with Gasteiger partial charge in [-0.15, -0.1) is 0 Å². The highest BCUT2D eigenvalue weighted by molar-refractivity contribution is 9.10. The lowest BCUT2D eigenvalue weighted by Gasteiger charge is -2.35. The van der Waals surface area contributed by atoms with Gasteiger partial charge in [0.25, 0.3) is 0 Å². The number of anilines is 2. The van der Waals surface area contributed by atoms with E-state index in [0.717, 1.165) is 33.8 Å². The van der Waals surface area contributed by atoms with Gasteiger partial charge in [-0.1, -0.05) is 41.7 Å². The van der Waals surface area contributed by atoms with E-state index >= 15 is 0 Å². The molecule has 1 fully saturated rings. The fourth-order valence-electron chi connectivity index (χ4n) is 2.93. The minimum atomic E-state index is -0.104. The van der Waals surface area contributed by atoms with Gasteiger partial charge in [-0.25, -0.2) is 14.8 Å². The van der Waals surface area contributed by atoms with Crippen LogP contribution in [0, 0.1) is 0 Å². The molecule has 1 aromatic carbocycles. The Morgan fingerprint density at radius 2 is 1.78 bits per heavy atom. The molecule has 3 heterocycles. The Morgan fingerprint density at radius 3 is 2.48 bits per heavy atom. The number of carbonyl (C=O) groups excluding carboxylic acids is 1. The normalized spacial score (nSPS) is 14.3. The van der Waals surface area contributed by atoms with Crippen LogP contribution in [0.1, 0.15) is 0 Å². The van der Waals surface area contributed by atoms with Crippen LogP contribution in [0.2, 0.25) is 0 Å². The van der Waals surface area contributed by atoms with Gasteiger partial charge in [-0.05, 0) is 33.6 Å². The number of benzene rings is 1. The highest BCUT2D eigenvalue weighted by Gasteiger charge is 2.22. The van der Waals surface area contributed by atoms with Gasteiger partial charge >= 0.3 is 6.03 Å². The molecule has 8 heteroatoms. The Labute approximate surface area is 170 Å². The maximum Gasteiger partial charge on any atom is 0.323 e. The number of urea groups is 1. The summed E-state index contributed by atoms with van der Waals surface area (Å²) in [5, 5.41) is 3.54. The van der Waals surface area contributed by atoms with Crippen molar-refractivity contribution in [3.05, 3.63) is 59.3 Å². The molecule has 0 atom stereocenters. The van der Waals surface area contributed by atoms with Crippen molar-refractivity contribution < 1.29 is 4.79 Å². The van der Waals surface area contributed by atoms with Crippen molar-refractivity contribution in [1.29, 1.82) is 0 Å². The van der Waals surface area contributed by atoms with E-state index in [1.165, 1.54) is 11.3 Å². The van der Waals surface area contributed by atoms with Gasteiger partial charge in [-0.2, -0.15) is 0 Å². The van der Waals surface area contributed by atoms with Crippen molar-refractivity contribution in [2.24, 2.45) is 0 Å². The number of carbonyl (C=O) groups is 1. The monoisotopic (exact) mass is 443 g/mol. The lowest BCUT2D eigenvalue weighted by molar-refractivity contribution is 0.208. The van der Waals surface area contributed by atoms with Gasteiger partial charge in [-0.3, -0.25) is 5.32 Å². The van der Waals surface area contributed by atoms with Crippen LogP contribution in [0.3, 0.4) is 0 Å². The molecule has 0 bridgehead atoms. The van der Waals surface area contributed by atoms with Crippen molar-refractivity contribution in [2.45, 2.75) is 0 Å². The molecule has 138 valence electrons. The van der Waals surface area contributed by atoms with Crippen molar-refractivity contribution in [3.63, 3.8) is 0 Å². The van der Waals surface area contributed by atoms with Crippen LogP contribution in [0.25, 0.3) is 10.4 Å². The van der Waals surface area contributed by atoms with Crippen LogP contribution in [0.4, 0.5) is 15.7 Å². The molecule has 1 saturated heterocycles. The maximum atomic E-state index is 12.5. The number of amides is 2. The molecule has 1 N–H and O–H groups in total. The summed E-state index contributed by atoms with van der Waals surface area (Å²) >= 11 is 4.88. The number of hydrogen-bond donors (Lipinski definition) is 1. The number of hydrogen-bond acceptors (Lipinski definition) is 5. The lowest BCUT2D eigenvalue weighted by Crippen LogP contribution is -2.50. The highest BCUT2D eigenvalue weighted by atomic mass is 79.9. The summed E-state index contributed by atoms with van der Waals surface area (Å²) in [6.07, 6.45) is 3.59. The Hall–Kier alpha value is -2.45. The lowest BCUT2D eigenvalue weighted by atomic mass is 10.2. The SMILES string of the molecule is O=C(Nc1ncc(-c2ccccc2)s1)N1CCN(c2ccc(Br)cn2)CC1. The predicted octanol–water partition coefficient (Wildman–Crippen LogP) is 4.32. The minimum Gasteiger partial charge on any atom is -0.353 e. The first-order valence-electron chi connectivity index (χ1n) is 8.63. The summed E-state index contributed by atoms with van der Waals surface area (Å²) in [5.74, 6) is 0.936. The molecule has 0 radical (unpaired) electrons. The van der Waals surface area contributed by atoms with Crippen LogP contribution in [0.15, 0.2) is 59.3 Å². The number of nitrogens with zero attached hydrogens (tertiary/aromatic N) is 4. The molecule has 6 nitrogen and oxygen atoms in total. The Balaban J connectivity index is 1.33. The Morgan fingerprint density at radius 1 is 1.00 bits per heavy atom. The van der Waals surface area contributed by atoms with E-state index < -0.39 is 0 Å². The number of nitrogens with one attached hydrogen (secondary N) is 1. The Bertz CT molecular complexity index is 907. The fraction of sp³-hybridized carbons (Fsp3) is 0.211. The third-order valence-corrected chi connectivity index (χ3v) is 5.81. The van der Waals surface area contributed by atoms with E-state index in [2.05, 4.69) is 36.1 Å². The van der Waals surface area contributed by atoms with Crippen molar-refractivity contribution in [3.8, 4) is 10.4 Å².